The molecule has 1 N–H and O–H groups in total. The van der Waals surface area contributed by atoms with E-state index < -0.39 is 0 Å². The molecule has 2 saturated heterocycles. The molecule has 0 amide bonds. The molecular weight excluding hydrogens is 428 g/mol. The van der Waals surface area contributed by atoms with Crippen LogP contribution in [0.1, 0.15) is 25.0 Å². The van der Waals surface area contributed by atoms with Gasteiger partial charge in [0.1, 0.15) is 5.65 Å². The van der Waals surface area contributed by atoms with Gasteiger partial charge >= 0.3 is 0 Å². The van der Waals surface area contributed by atoms with Crippen LogP contribution in [0.5, 0.6) is 0 Å². The zero-order chi connectivity index (χ0) is 23.0. The van der Waals surface area contributed by atoms with Crippen molar-refractivity contribution in [2.24, 2.45) is 0 Å². The molecule has 5 heterocycles. The molecule has 8 nitrogen and oxygen atoms in total. The zero-order valence-electron chi connectivity index (χ0n) is 19.3. The predicted octanol–water partition coefficient (Wildman–Crippen LogP) is 2.64. The normalized spacial score (nSPS) is 21.4. The number of hydrogen-bond donors (Lipinski definition) is 1. The molecule has 2 fully saturated rings. The second kappa shape index (κ2) is 8.85. The minimum Gasteiger partial charge on any atom is -0.372 e. The summed E-state index contributed by atoms with van der Waals surface area (Å²) in [7, 11) is 0. The predicted molar refractivity (Wildman–Crippen MR) is 133 cm³/mol. The minimum absolute atomic E-state index is 0.0357. The van der Waals surface area contributed by atoms with E-state index in [-0.39, 0.29) is 11.2 Å². The monoisotopic (exact) mass is 458 g/mol. The fraction of sp³-hybridized carbons (Fsp3) is 0.423. The summed E-state index contributed by atoms with van der Waals surface area (Å²) in [5.74, 6) is 0. The molecule has 2 aliphatic heterocycles. The summed E-state index contributed by atoms with van der Waals surface area (Å²) in [5.41, 5.74) is 2.76. The van der Waals surface area contributed by atoms with Crippen LogP contribution >= 0.6 is 0 Å². The molecule has 3 aromatic heterocycles. The molecule has 0 radical (unpaired) electrons. The van der Waals surface area contributed by atoms with Crippen molar-refractivity contribution in [2.75, 3.05) is 37.7 Å². The maximum Gasteiger partial charge on any atom is 0.276 e. The van der Waals surface area contributed by atoms with Crippen LogP contribution in [0.4, 0.5) is 5.69 Å². The third-order valence-electron chi connectivity index (χ3n) is 7.23. The molecule has 34 heavy (non-hydrogen) atoms. The van der Waals surface area contributed by atoms with Crippen LogP contribution in [0.15, 0.2) is 59.8 Å². The summed E-state index contributed by atoms with van der Waals surface area (Å²) < 4.78 is 9.81. The van der Waals surface area contributed by atoms with E-state index in [1.807, 2.05) is 53.3 Å². The summed E-state index contributed by atoms with van der Waals surface area (Å²) >= 11 is 0. The van der Waals surface area contributed by atoms with Crippen LogP contribution in [-0.2, 0) is 17.7 Å². The summed E-state index contributed by atoms with van der Waals surface area (Å²) in [5, 5.41) is 9.61. The molecule has 1 unspecified atom stereocenters. The van der Waals surface area contributed by atoms with Gasteiger partial charge in [-0.15, -0.1) is 0 Å². The van der Waals surface area contributed by atoms with Crippen LogP contribution < -0.4 is 15.8 Å². The first kappa shape index (κ1) is 21.3. The summed E-state index contributed by atoms with van der Waals surface area (Å²) in [6.45, 7) is 4.91. The summed E-state index contributed by atoms with van der Waals surface area (Å²) in [6, 6.07) is 12.0. The number of pyridine rings is 1. The first-order chi connectivity index (χ1) is 16.7. The highest BCUT2D eigenvalue weighted by molar-refractivity contribution is 5.93. The van der Waals surface area contributed by atoms with Crippen molar-refractivity contribution in [2.45, 2.75) is 37.8 Å². The molecule has 0 aliphatic carbocycles. The molecule has 176 valence electrons. The Bertz CT molecular complexity index is 1340. The third kappa shape index (κ3) is 3.97. The SMILES string of the molecule is O=c1c2c(N3CCCC4(CC3)CNCCO4)cccc2cnn1CCc1cn2ccccc2n1. The number of morpholine rings is 1. The fourth-order valence-electron chi connectivity index (χ4n) is 5.40. The van der Waals surface area contributed by atoms with Gasteiger partial charge in [-0.1, -0.05) is 18.2 Å². The third-order valence-corrected chi connectivity index (χ3v) is 7.23. The van der Waals surface area contributed by atoms with E-state index in [1.54, 1.807) is 4.68 Å². The Balaban J connectivity index is 1.27. The smallest absolute Gasteiger partial charge is 0.276 e. The van der Waals surface area contributed by atoms with Gasteiger partial charge in [0, 0.05) is 50.4 Å². The van der Waals surface area contributed by atoms with Gasteiger partial charge in [-0.05, 0) is 37.5 Å². The lowest BCUT2D eigenvalue weighted by Gasteiger charge is -2.37. The molecule has 4 aromatic rings. The number of nitrogens with one attached hydrogen (secondary N) is 1. The van der Waals surface area contributed by atoms with Gasteiger partial charge in [0.05, 0.1) is 41.7 Å². The van der Waals surface area contributed by atoms with Crippen molar-refractivity contribution >= 4 is 22.1 Å². The lowest BCUT2D eigenvalue weighted by Crippen LogP contribution is -2.50. The van der Waals surface area contributed by atoms with Crippen molar-refractivity contribution in [3.63, 3.8) is 0 Å². The standard InChI is InChI=1S/C26H30N6O2/c33-25-24-20(17-28-32(25)14-8-21-18-31-12-2-1-7-23(31)29-21)5-3-6-22(24)30-13-4-9-26(10-15-30)19-27-11-16-34-26/h1-3,5-7,12,17-18,27H,4,8-11,13-16,19H2. The summed E-state index contributed by atoms with van der Waals surface area (Å²) in [4.78, 5) is 20.6. The molecule has 1 spiro atoms. The Kier molecular flexibility index (Phi) is 5.55. The minimum atomic E-state index is -0.0760. The van der Waals surface area contributed by atoms with E-state index in [9.17, 15) is 4.79 Å². The average molecular weight is 459 g/mol. The lowest BCUT2D eigenvalue weighted by atomic mass is 9.93. The van der Waals surface area contributed by atoms with E-state index >= 15 is 0 Å². The van der Waals surface area contributed by atoms with Crippen molar-refractivity contribution in [1.29, 1.82) is 0 Å². The van der Waals surface area contributed by atoms with E-state index in [4.69, 9.17) is 4.74 Å². The molecule has 1 aromatic carbocycles. The number of ether oxygens (including phenoxy) is 1. The molecular formula is C26H30N6O2. The van der Waals surface area contributed by atoms with Gasteiger partial charge in [0.15, 0.2) is 0 Å². The van der Waals surface area contributed by atoms with Crippen LogP contribution in [0.3, 0.4) is 0 Å². The maximum atomic E-state index is 13.6. The van der Waals surface area contributed by atoms with Crippen molar-refractivity contribution < 1.29 is 4.74 Å². The maximum absolute atomic E-state index is 13.6. The highest BCUT2D eigenvalue weighted by Gasteiger charge is 2.35. The molecule has 2 aliphatic rings. The molecule has 1 atom stereocenters. The van der Waals surface area contributed by atoms with Crippen molar-refractivity contribution in [1.82, 2.24) is 24.5 Å². The highest BCUT2D eigenvalue weighted by atomic mass is 16.5. The first-order valence-electron chi connectivity index (χ1n) is 12.2. The van der Waals surface area contributed by atoms with Crippen LogP contribution in [0.25, 0.3) is 16.4 Å². The number of aromatic nitrogens is 4. The van der Waals surface area contributed by atoms with Gasteiger partial charge < -0.3 is 19.4 Å². The average Bonchev–Trinajstić information content (AvgIpc) is 3.19. The number of nitrogens with zero attached hydrogens (tertiary/aromatic N) is 5. The van der Waals surface area contributed by atoms with E-state index in [1.165, 1.54) is 0 Å². The number of aryl methyl sites for hydroxylation is 2. The Labute approximate surface area is 198 Å². The van der Waals surface area contributed by atoms with Crippen molar-refractivity contribution in [3.8, 4) is 0 Å². The van der Waals surface area contributed by atoms with Crippen molar-refractivity contribution in [3.05, 3.63) is 71.0 Å². The number of benzene rings is 1. The lowest BCUT2D eigenvalue weighted by molar-refractivity contribution is -0.0727. The number of anilines is 1. The Morgan fingerprint density at radius 2 is 2.09 bits per heavy atom. The number of imidazole rings is 1. The van der Waals surface area contributed by atoms with Gasteiger partial charge in [0.2, 0.25) is 0 Å². The molecule has 8 heteroatoms. The molecule has 0 saturated carbocycles. The second-order valence-electron chi connectivity index (χ2n) is 9.41. The van der Waals surface area contributed by atoms with Gasteiger partial charge in [0.25, 0.3) is 5.56 Å². The van der Waals surface area contributed by atoms with E-state index in [2.05, 4.69) is 26.4 Å². The number of rotatable bonds is 4. The number of fused-ring (bicyclic) bond motifs is 2. The largest absolute Gasteiger partial charge is 0.372 e. The zero-order valence-corrected chi connectivity index (χ0v) is 19.3. The topological polar surface area (TPSA) is 76.7 Å². The first-order valence-corrected chi connectivity index (χ1v) is 12.2. The second-order valence-corrected chi connectivity index (χ2v) is 9.41. The Morgan fingerprint density at radius 3 is 2.97 bits per heavy atom. The fourth-order valence-corrected chi connectivity index (χ4v) is 5.40. The quantitative estimate of drug-likeness (QED) is 0.507. The Hall–Kier alpha value is -3.23. The van der Waals surface area contributed by atoms with Crippen LogP contribution in [-0.4, -0.2) is 57.6 Å². The number of hydrogen-bond acceptors (Lipinski definition) is 6. The van der Waals surface area contributed by atoms with Gasteiger partial charge in [-0.3, -0.25) is 4.79 Å². The van der Waals surface area contributed by atoms with Gasteiger partial charge in [-0.2, -0.15) is 5.10 Å². The van der Waals surface area contributed by atoms with Gasteiger partial charge in [-0.25, -0.2) is 9.67 Å². The highest BCUT2D eigenvalue weighted by Crippen LogP contribution is 2.31. The summed E-state index contributed by atoms with van der Waals surface area (Å²) in [6.07, 6.45) is 9.53. The van der Waals surface area contributed by atoms with E-state index in [0.29, 0.717) is 13.0 Å². The van der Waals surface area contributed by atoms with Crippen LogP contribution in [0.2, 0.25) is 0 Å². The molecule has 0 bridgehead atoms. The van der Waals surface area contributed by atoms with E-state index in [0.717, 1.165) is 79.8 Å². The molecule has 6 rings (SSSR count). The Morgan fingerprint density at radius 1 is 1.12 bits per heavy atom. The van der Waals surface area contributed by atoms with Crippen LogP contribution in [0, 0.1) is 0 Å².